The highest BCUT2D eigenvalue weighted by Crippen LogP contribution is 2.01. The SMILES string of the molecule is O=CCCCCCC(=O)C(=O)[SiH3]. The summed E-state index contributed by atoms with van der Waals surface area (Å²) in [6.45, 7) is 0. The fourth-order valence-electron chi connectivity index (χ4n) is 0.866. The van der Waals surface area contributed by atoms with Gasteiger partial charge in [0.1, 0.15) is 6.29 Å². The topological polar surface area (TPSA) is 51.2 Å². The molecule has 0 atom stereocenters. The standard InChI is InChI=1S/C8H14O3Si/c9-6-4-2-1-3-5-7(10)8(11)12/h6H,1-5H2,12H3. The minimum atomic E-state index is -0.243. The summed E-state index contributed by atoms with van der Waals surface area (Å²) >= 11 is 0. The molecule has 0 N–H and O–H groups in total. The number of Topliss-reactive ketones (excluding diaryl/α,β-unsaturated/α-hetero) is 1. The Morgan fingerprint density at radius 1 is 1.17 bits per heavy atom. The second-order valence-electron chi connectivity index (χ2n) is 2.75. The van der Waals surface area contributed by atoms with Gasteiger partial charge in [-0.2, -0.15) is 0 Å². The average molecular weight is 186 g/mol. The van der Waals surface area contributed by atoms with Gasteiger partial charge in [-0.05, 0) is 12.8 Å². The molecule has 0 unspecified atom stereocenters. The van der Waals surface area contributed by atoms with Crippen LogP contribution in [0.5, 0.6) is 0 Å². The number of hydrogen-bond donors (Lipinski definition) is 0. The van der Waals surface area contributed by atoms with Gasteiger partial charge in [-0.1, -0.05) is 6.42 Å². The lowest BCUT2D eigenvalue weighted by molar-refractivity contribution is -0.132. The van der Waals surface area contributed by atoms with Crippen LogP contribution in [0, 0.1) is 0 Å². The Kier molecular flexibility index (Phi) is 6.46. The lowest BCUT2D eigenvalue weighted by atomic mass is 10.1. The summed E-state index contributed by atoms with van der Waals surface area (Å²) in [5.41, 5.74) is 0. The highest BCUT2D eigenvalue weighted by molar-refractivity contribution is 6.77. The molecule has 0 spiro atoms. The molecule has 0 amide bonds. The monoisotopic (exact) mass is 186 g/mol. The Hall–Kier alpha value is -0.773. The summed E-state index contributed by atoms with van der Waals surface area (Å²) in [5, 5.41) is -0.231. The molecule has 0 aromatic carbocycles. The van der Waals surface area contributed by atoms with Crippen LogP contribution in [-0.2, 0) is 14.4 Å². The van der Waals surface area contributed by atoms with Gasteiger partial charge in [0.2, 0.25) is 0 Å². The molecule has 3 nitrogen and oxygen atoms in total. The Labute approximate surface area is 74.9 Å². The smallest absolute Gasteiger partial charge is 0.192 e. The van der Waals surface area contributed by atoms with Crippen LogP contribution < -0.4 is 0 Å². The van der Waals surface area contributed by atoms with Crippen molar-refractivity contribution in [1.82, 2.24) is 0 Å². The van der Waals surface area contributed by atoms with Gasteiger partial charge in [-0.15, -0.1) is 0 Å². The van der Waals surface area contributed by atoms with E-state index in [2.05, 4.69) is 0 Å². The van der Waals surface area contributed by atoms with Crippen LogP contribution in [0.1, 0.15) is 32.1 Å². The molecular weight excluding hydrogens is 172 g/mol. The van der Waals surface area contributed by atoms with Crippen molar-refractivity contribution < 1.29 is 14.4 Å². The van der Waals surface area contributed by atoms with Crippen molar-refractivity contribution in [3.05, 3.63) is 0 Å². The van der Waals surface area contributed by atoms with Crippen molar-refractivity contribution in [3.63, 3.8) is 0 Å². The molecule has 0 aliphatic heterocycles. The molecule has 0 rings (SSSR count). The van der Waals surface area contributed by atoms with Crippen LogP contribution in [0.2, 0.25) is 0 Å². The third-order valence-electron chi connectivity index (χ3n) is 1.62. The van der Waals surface area contributed by atoms with Gasteiger partial charge in [0.25, 0.3) is 0 Å². The number of aldehydes is 1. The van der Waals surface area contributed by atoms with E-state index >= 15 is 0 Å². The first-order valence-corrected chi connectivity index (χ1v) is 5.16. The zero-order valence-corrected chi connectivity index (χ0v) is 9.34. The summed E-state index contributed by atoms with van der Waals surface area (Å²) in [6.07, 6.45) is 4.22. The van der Waals surface area contributed by atoms with Crippen molar-refractivity contribution >= 4 is 27.7 Å². The van der Waals surface area contributed by atoms with E-state index in [0.29, 0.717) is 23.1 Å². The molecule has 4 heteroatoms. The van der Waals surface area contributed by atoms with Crippen molar-refractivity contribution in [2.75, 3.05) is 0 Å². The maximum absolute atomic E-state index is 10.8. The predicted octanol–water partition coefficient (Wildman–Crippen LogP) is -0.403. The molecule has 12 heavy (non-hydrogen) atoms. The van der Waals surface area contributed by atoms with Crippen LogP contribution in [0.3, 0.4) is 0 Å². The summed E-state index contributed by atoms with van der Waals surface area (Å²) in [7, 11) is 0.328. The van der Waals surface area contributed by atoms with Gasteiger partial charge < -0.3 is 4.79 Å². The largest absolute Gasteiger partial charge is 0.303 e. The Morgan fingerprint density at radius 2 is 1.83 bits per heavy atom. The van der Waals surface area contributed by atoms with E-state index in [1.807, 2.05) is 0 Å². The lowest BCUT2D eigenvalue weighted by Crippen LogP contribution is -2.12. The first-order chi connectivity index (χ1) is 5.68. The minimum absolute atomic E-state index is 0.231. The molecule has 0 radical (unpaired) electrons. The number of hydrogen-bond acceptors (Lipinski definition) is 3. The first-order valence-electron chi connectivity index (χ1n) is 4.16. The summed E-state index contributed by atoms with van der Waals surface area (Å²) < 4.78 is 0. The highest BCUT2D eigenvalue weighted by atomic mass is 28.1. The fraction of sp³-hybridized carbons (Fsp3) is 0.625. The Morgan fingerprint density at radius 3 is 2.33 bits per heavy atom. The molecule has 0 fully saturated rings. The molecule has 0 aliphatic carbocycles. The quantitative estimate of drug-likeness (QED) is 0.235. The third kappa shape index (κ3) is 5.97. The first kappa shape index (κ1) is 11.2. The van der Waals surface area contributed by atoms with Gasteiger partial charge in [0.05, 0.1) is 10.2 Å². The van der Waals surface area contributed by atoms with Crippen LogP contribution in [0.4, 0.5) is 0 Å². The molecular formula is C8H14O3Si. The molecule has 0 aliphatic rings. The number of carbonyl (C=O) groups excluding carboxylic acids is 3. The van der Waals surface area contributed by atoms with Crippen LogP contribution in [0.25, 0.3) is 0 Å². The van der Waals surface area contributed by atoms with Gasteiger partial charge in [0, 0.05) is 12.8 Å². The van der Waals surface area contributed by atoms with Crippen LogP contribution >= 0.6 is 0 Å². The number of rotatable bonds is 7. The summed E-state index contributed by atoms with van der Waals surface area (Å²) in [5.74, 6) is -0.243. The third-order valence-corrected chi connectivity index (χ3v) is 2.18. The number of carbonyl (C=O) groups is 3. The van der Waals surface area contributed by atoms with E-state index < -0.39 is 0 Å². The van der Waals surface area contributed by atoms with Gasteiger partial charge in [0.15, 0.2) is 11.2 Å². The predicted molar refractivity (Wildman–Crippen MR) is 49.1 cm³/mol. The van der Waals surface area contributed by atoms with Gasteiger partial charge in [-0.25, -0.2) is 0 Å². The molecule has 0 heterocycles. The molecule has 0 saturated carbocycles. The molecule has 0 bridgehead atoms. The zero-order chi connectivity index (χ0) is 9.40. The maximum atomic E-state index is 10.8. The van der Waals surface area contributed by atoms with E-state index in [4.69, 9.17) is 0 Å². The summed E-state index contributed by atoms with van der Waals surface area (Å²) in [4.78, 5) is 31.2. The van der Waals surface area contributed by atoms with Crippen LogP contribution in [-0.4, -0.2) is 27.7 Å². The molecule has 0 aromatic heterocycles. The Bertz CT molecular complexity index is 177. The highest BCUT2D eigenvalue weighted by Gasteiger charge is 2.05. The Balaban J connectivity index is 3.25. The lowest BCUT2D eigenvalue weighted by Gasteiger charge is -1.95. The normalized spacial score (nSPS) is 9.67. The minimum Gasteiger partial charge on any atom is -0.303 e. The van der Waals surface area contributed by atoms with Crippen molar-refractivity contribution in [3.8, 4) is 0 Å². The second-order valence-corrected chi connectivity index (χ2v) is 3.65. The van der Waals surface area contributed by atoms with Crippen molar-refractivity contribution in [2.45, 2.75) is 32.1 Å². The zero-order valence-electron chi connectivity index (χ0n) is 7.34. The van der Waals surface area contributed by atoms with E-state index in [1.54, 1.807) is 0 Å². The average Bonchev–Trinajstić information content (AvgIpc) is 2.03. The molecule has 0 aromatic rings. The number of unbranched alkanes of at least 4 members (excludes halogenated alkanes) is 3. The molecule has 0 saturated heterocycles. The van der Waals surface area contributed by atoms with E-state index in [9.17, 15) is 14.4 Å². The van der Waals surface area contributed by atoms with Gasteiger partial charge >= 0.3 is 0 Å². The van der Waals surface area contributed by atoms with E-state index in [-0.39, 0.29) is 11.2 Å². The van der Waals surface area contributed by atoms with E-state index in [0.717, 1.165) is 25.5 Å². The number of ketones is 1. The van der Waals surface area contributed by atoms with Crippen molar-refractivity contribution in [1.29, 1.82) is 0 Å². The fourth-order valence-corrected chi connectivity index (χ4v) is 1.12. The maximum Gasteiger partial charge on any atom is 0.192 e. The summed E-state index contributed by atoms with van der Waals surface area (Å²) in [6, 6.07) is 0. The van der Waals surface area contributed by atoms with Crippen LogP contribution in [0.15, 0.2) is 0 Å². The van der Waals surface area contributed by atoms with Crippen molar-refractivity contribution in [2.24, 2.45) is 0 Å². The molecule has 68 valence electrons. The van der Waals surface area contributed by atoms with Gasteiger partial charge in [-0.3, -0.25) is 9.59 Å². The second kappa shape index (κ2) is 6.91. The van der Waals surface area contributed by atoms with E-state index in [1.165, 1.54) is 0 Å².